The molecule has 79 valence electrons. The van der Waals surface area contributed by atoms with Crippen LogP contribution in [0.25, 0.3) is 0 Å². The van der Waals surface area contributed by atoms with Crippen LogP contribution in [0.3, 0.4) is 0 Å². The van der Waals surface area contributed by atoms with Crippen molar-refractivity contribution in [3.05, 3.63) is 30.7 Å². The lowest BCUT2D eigenvalue weighted by molar-refractivity contribution is 0.711. The van der Waals surface area contributed by atoms with E-state index in [1.807, 2.05) is 0 Å². The molecule has 1 aliphatic rings. The number of allylic oxidation sites excluding steroid dienone is 4. The highest BCUT2D eigenvalue weighted by molar-refractivity contribution is 4.87. The van der Waals surface area contributed by atoms with Crippen molar-refractivity contribution in [2.75, 3.05) is 0 Å². The van der Waals surface area contributed by atoms with Gasteiger partial charge in [0.25, 0.3) is 0 Å². The van der Waals surface area contributed by atoms with Crippen molar-refractivity contribution in [3.63, 3.8) is 0 Å². The van der Waals surface area contributed by atoms with E-state index in [0.29, 0.717) is 0 Å². The molecule has 0 atom stereocenters. The van der Waals surface area contributed by atoms with E-state index in [1.54, 1.807) is 0 Å². The molecule has 0 N–H and O–H groups in total. The van der Waals surface area contributed by atoms with Crippen LogP contribution in [0.4, 0.5) is 0 Å². The first-order valence-electron chi connectivity index (χ1n) is 6.12. The van der Waals surface area contributed by atoms with Gasteiger partial charge in [-0.3, -0.25) is 0 Å². The maximum atomic E-state index is 2.44. The topological polar surface area (TPSA) is 0 Å². The molecule has 0 aromatic carbocycles. The average Bonchev–Trinajstić information content (AvgIpc) is 2.22. The molecule has 0 heteroatoms. The Bertz CT molecular complexity index is 147. The van der Waals surface area contributed by atoms with Gasteiger partial charge < -0.3 is 0 Å². The molecular weight excluding hydrogens is 168 g/mol. The third kappa shape index (κ3) is 6.94. The molecule has 0 aromatic heterocycles. The van der Waals surface area contributed by atoms with Crippen molar-refractivity contribution in [2.45, 2.75) is 57.8 Å². The summed E-state index contributed by atoms with van der Waals surface area (Å²) in [6, 6.07) is 0. The molecule has 1 rings (SSSR count). The summed E-state index contributed by atoms with van der Waals surface area (Å²) in [7, 11) is 0. The lowest BCUT2D eigenvalue weighted by Gasteiger charge is -1.99. The van der Waals surface area contributed by atoms with Crippen molar-refractivity contribution >= 4 is 0 Å². The Morgan fingerprint density at radius 3 is 1.79 bits per heavy atom. The summed E-state index contributed by atoms with van der Waals surface area (Å²) >= 11 is 0. The molecule has 1 aliphatic carbocycles. The van der Waals surface area contributed by atoms with Crippen LogP contribution < -0.4 is 0 Å². The van der Waals surface area contributed by atoms with E-state index in [1.165, 1.54) is 57.8 Å². The molecular formula is C14H23. The Balaban J connectivity index is 2.16. The van der Waals surface area contributed by atoms with Gasteiger partial charge in [0.1, 0.15) is 0 Å². The quantitative estimate of drug-likeness (QED) is 0.481. The monoisotopic (exact) mass is 191 g/mol. The Labute approximate surface area is 89.1 Å². The van der Waals surface area contributed by atoms with Gasteiger partial charge in [0, 0.05) is 0 Å². The fraction of sp³-hybridized carbons (Fsp3) is 0.643. The normalized spacial score (nSPS) is 26.3. The SMILES string of the molecule is [CH]1CC/C=C\CCC/C=C/CCCC1. The van der Waals surface area contributed by atoms with Crippen LogP contribution in [0.2, 0.25) is 0 Å². The highest BCUT2D eigenvalue weighted by Gasteiger charge is 1.90. The zero-order chi connectivity index (χ0) is 9.90. The maximum absolute atomic E-state index is 2.44. The standard InChI is InChI=1S/C14H23/c1-2-4-6-8-10-12-14-13-11-9-7-5-3-1/h1-2,7,10,12H,3-6,8-9,11,13-14H2/b2-1-,12-10+. The highest BCUT2D eigenvalue weighted by atomic mass is 14.0. The average molecular weight is 191 g/mol. The van der Waals surface area contributed by atoms with Gasteiger partial charge in [-0.25, -0.2) is 0 Å². The lowest BCUT2D eigenvalue weighted by atomic mass is 10.1. The van der Waals surface area contributed by atoms with Crippen molar-refractivity contribution in [3.8, 4) is 0 Å². The summed E-state index contributed by atoms with van der Waals surface area (Å²) in [5.41, 5.74) is 0. The van der Waals surface area contributed by atoms with Crippen molar-refractivity contribution in [1.82, 2.24) is 0 Å². The summed E-state index contributed by atoms with van der Waals surface area (Å²) < 4.78 is 0. The van der Waals surface area contributed by atoms with Crippen molar-refractivity contribution in [2.24, 2.45) is 0 Å². The summed E-state index contributed by atoms with van der Waals surface area (Å²) in [6.45, 7) is 0. The second-order valence-corrected chi connectivity index (χ2v) is 4.02. The molecule has 0 amide bonds. The second kappa shape index (κ2) is 9.05. The minimum absolute atomic E-state index is 1.25. The van der Waals surface area contributed by atoms with Crippen LogP contribution in [-0.2, 0) is 0 Å². The minimum Gasteiger partial charge on any atom is -0.0885 e. The largest absolute Gasteiger partial charge is 0.0885 e. The molecule has 14 heavy (non-hydrogen) atoms. The van der Waals surface area contributed by atoms with Crippen LogP contribution in [0.1, 0.15) is 57.8 Å². The molecule has 0 heterocycles. The molecule has 0 saturated heterocycles. The molecule has 0 saturated carbocycles. The fourth-order valence-electron chi connectivity index (χ4n) is 1.73. The molecule has 0 fully saturated rings. The third-order valence-electron chi connectivity index (χ3n) is 2.64. The first-order chi connectivity index (χ1) is 7.00. The van der Waals surface area contributed by atoms with E-state index in [0.717, 1.165) is 0 Å². The van der Waals surface area contributed by atoms with E-state index in [9.17, 15) is 0 Å². The maximum Gasteiger partial charge on any atom is -0.0348 e. The molecule has 0 bridgehead atoms. The zero-order valence-electron chi connectivity index (χ0n) is 9.25. The molecule has 0 aliphatic heterocycles. The van der Waals surface area contributed by atoms with Crippen molar-refractivity contribution in [1.29, 1.82) is 0 Å². The molecule has 0 aromatic rings. The van der Waals surface area contributed by atoms with Gasteiger partial charge in [0.05, 0.1) is 0 Å². The number of hydrogen-bond donors (Lipinski definition) is 0. The van der Waals surface area contributed by atoms with Crippen molar-refractivity contribution < 1.29 is 0 Å². The van der Waals surface area contributed by atoms with E-state index in [4.69, 9.17) is 0 Å². The first kappa shape index (κ1) is 11.6. The Hall–Kier alpha value is -0.520. The summed E-state index contributed by atoms with van der Waals surface area (Å²) in [5, 5.41) is 0. The summed E-state index contributed by atoms with van der Waals surface area (Å²) in [4.78, 5) is 0. The van der Waals surface area contributed by atoms with Gasteiger partial charge in [0.15, 0.2) is 0 Å². The summed E-state index contributed by atoms with van der Waals surface area (Å²) in [5.74, 6) is 0. The smallest absolute Gasteiger partial charge is 0.0348 e. The van der Waals surface area contributed by atoms with Crippen LogP contribution in [-0.4, -0.2) is 0 Å². The first-order valence-corrected chi connectivity index (χ1v) is 6.12. The fourth-order valence-corrected chi connectivity index (χ4v) is 1.73. The third-order valence-corrected chi connectivity index (χ3v) is 2.64. The van der Waals surface area contributed by atoms with Gasteiger partial charge in [-0.2, -0.15) is 0 Å². The van der Waals surface area contributed by atoms with Gasteiger partial charge in [-0.15, -0.1) is 0 Å². The van der Waals surface area contributed by atoms with Gasteiger partial charge in [0.2, 0.25) is 0 Å². The van der Waals surface area contributed by atoms with Gasteiger partial charge in [-0.1, -0.05) is 37.1 Å². The van der Waals surface area contributed by atoms with Gasteiger partial charge >= 0.3 is 0 Å². The molecule has 0 spiro atoms. The Morgan fingerprint density at radius 1 is 0.429 bits per heavy atom. The zero-order valence-corrected chi connectivity index (χ0v) is 9.25. The predicted molar refractivity (Wildman–Crippen MR) is 64.1 cm³/mol. The molecule has 0 nitrogen and oxygen atoms in total. The van der Waals surface area contributed by atoms with E-state index in [2.05, 4.69) is 30.7 Å². The van der Waals surface area contributed by atoms with Crippen LogP contribution in [0, 0.1) is 6.42 Å². The van der Waals surface area contributed by atoms with Crippen LogP contribution >= 0.6 is 0 Å². The van der Waals surface area contributed by atoms with Crippen LogP contribution in [0.5, 0.6) is 0 Å². The Kier molecular flexibility index (Phi) is 7.47. The molecule has 1 radical (unpaired) electrons. The molecule has 0 unspecified atom stereocenters. The highest BCUT2D eigenvalue weighted by Crippen LogP contribution is 2.09. The minimum atomic E-state index is 1.25. The Morgan fingerprint density at radius 2 is 1.00 bits per heavy atom. The van der Waals surface area contributed by atoms with E-state index < -0.39 is 0 Å². The number of rotatable bonds is 0. The second-order valence-electron chi connectivity index (χ2n) is 4.02. The van der Waals surface area contributed by atoms with Crippen LogP contribution in [0.15, 0.2) is 24.3 Å². The van der Waals surface area contributed by atoms with Gasteiger partial charge in [-0.05, 0) is 51.4 Å². The van der Waals surface area contributed by atoms with E-state index in [-0.39, 0.29) is 0 Å². The van der Waals surface area contributed by atoms with E-state index >= 15 is 0 Å². The lowest BCUT2D eigenvalue weighted by Crippen LogP contribution is -1.80. The summed E-state index contributed by atoms with van der Waals surface area (Å²) in [6.07, 6.45) is 23.5. The predicted octanol–water partition coefficient (Wildman–Crippen LogP) is 4.83. The number of hydrogen-bond acceptors (Lipinski definition) is 0.